The molecule has 0 heterocycles. The van der Waals surface area contributed by atoms with Crippen LogP contribution in [0.1, 0.15) is 0 Å². The standard InChI is InChI=1S/C7H5BrClNO4/c1-14-7-3(9)2-4(10(12)13)6(11)5(7)8/h2,11H,1H3. The molecule has 5 nitrogen and oxygen atoms in total. The molecule has 1 rings (SSSR count). The van der Waals surface area contributed by atoms with Crippen molar-refractivity contribution in [1.29, 1.82) is 0 Å². The van der Waals surface area contributed by atoms with E-state index in [0.717, 1.165) is 6.07 Å². The maximum atomic E-state index is 10.5. The van der Waals surface area contributed by atoms with Crippen LogP contribution in [-0.4, -0.2) is 17.1 Å². The van der Waals surface area contributed by atoms with Crippen molar-refractivity contribution < 1.29 is 14.8 Å². The van der Waals surface area contributed by atoms with Gasteiger partial charge in [-0.05, 0) is 15.9 Å². The predicted molar refractivity (Wildman–Crippen MR) is 54.0 cm³/mol. The van der Waals surface area contributed by atoms with Crippen LogP contribution in [0.4, 0.5) is 5.69 Å². The van der Waals surface area contributed by atoms with E-state index in [2.05, 4.69) is 15.9 Å². The van der Waals surface area contributed by atoms with Gasteiger partial charge in [-0.1, -0.05) is 11.6 Å². The number of phenols is 1. The van der Waals surface area contributed by atoms with Gasteiger partial charge in [0, 0.05) is 6.07 Å². The molecule has 14 heavy (non-hydrogen) atoms. The Bertz CT molecular complexity index is 396. The van der Waals surface area contributed by atoms with E-state index in [0.29, 0.717) is 0 Å². The van der Waals surface area contributed by atoms with Crippen molar-refractivity contribution in [3.05, 3.63) is 25.7 Å². The van der Waals surface area contributed by atoms with Crippen LogP contribution in [0.5, 0.6) is 11.5 Å². The minimum Gasteiger partial charge on any atom is -0.501 e. The second kappa shape index (κ2) is 4.02. The first-order chi connectivity index (χ1) is 6.49. The molecule has 7 heteroatoms. The van der Waals surface area contributed by atoms with Gasteiger partial charge < -0.3 is 9.84 Å². The normalized spacial score (nSPS) is 9.93. The quantitative estimate of drug-likeness (QED) is 0.668. The fourth-order valence-corrected chi connectivity index (χ4v) is 1.87. The number of phenolic OH excluding ortho intramolecular Hbond substituents is 1. The summed E-state index contributed by atoms with van der Waals surface area (Å²) < 4.78 is 4.90. The molecule has 0 atom stereocenters. The van der Waals surface area contributed by atoms with E-state index in [4.69, 9.17) is 16.3 Å². The number of aromatic hydroxyl groups is 1. The number of ether oxygens (including phenoxy) is 1. The lowest BCUT2D eigenvalue weighted by molar-refractivity contribution is -0.386. The fourth-order valence-electron chi connectivity index (χ4n) is 0.905. The van der Waals surface area contributed by atoms with Crippen LogP contribution >= 0.6 is 27.5 Å². The second-order valence-electron chi connectivity index (χ2n) is 2.33. The van der Waals surface area contributed by atoms with Crippen molar-refractivity contribution >= 4 is 33.2 Å². The van der Waals surface area contributed by atoms with Gasteiger partial charge in [0.1, 0.15) is 4.47 Å². The number of rotatable bonds is 2. The molecule has 1 aromatic carbocycles. The van der Waals surface area contributed by atoms with Crippen LogP contribution in [0.3, 0.4) is 0 Å². The molecule has 0 saturated carbocycles. The third-order valence-corrected chi connectivity index (χ3v) is 2.55. The van der Waals surface area contributed by atoms with Gasteiger partial charge in [0.05, 0.1) is 17.1 Å². The van der Waals surface area contributed by atoms with Gasteiger partial charge in [-0.25, -0.2) is 0 Å². The molecule has 0 aliphatic rings. The molecule has 1 N–H and O–H groups in total. The van der Waals surface area contributed by atoms with E-state index >= 15 is 0 Å². The van der Waals surface area contributed by atoms with Crippen LogP contribution in [0.2, 0.25) is 5.02 Å². The smallest absolute Gasteiger partial charge is 0.313 e. The molecule has 0 saturated heterocycles. The van der Waals surface area contributed by atoms with Crippen LogP contribution in [0, 0.1) is 10.1 Å². The summed E-state index contributed by atoms with van der Waals surface area (Å²) in [5, 5.41) is 19.9. The number of hydrogen-bond acceptors (Lipinski definition) is 4. The summed E-state index contributed by atoms with van der Waals surface area (Å²) in [4.78, 5) is 9.72. The van der Waals surface area contributed by atoms with Crippen LogP contribution in [0.25, 0.3) is 0 Å². The van der Waals surface area contributed by atoms with Gasteiger partial charge in [-0.15, -0.1) is 0 Å². The largest absolute Gasteiger partial charge is 0.501 e. The minimum absolute atomic E-state index is 0.0591. The summed E-state index contributed by atoms with van der Waals surface area (Å²) >= 11 is 8.63. The lowest BCUT2D eigenvalue weighted by Crippen LogP contribution is -1.92. The third kappa shape index (κ3) is 1.76. The predicted octanol–water partition coefficient (Wildman–Crippen LogP) is 2.72. The summed E-state index contributed by atoms with van der Waals surface area (Å²) in [7, 11) is 1.34. The van der Waals surface area contributed by atoms with Gasteiger partial charge in [0.2, 0.25) is 5.75 Å². The Hall–Kier alpha value is -1.01. The van der Waals surface area contributed by atoms with Crippen molar-refractivity contribution in [3.8, 4) is 11.5 Å². The van der Waals surface area contributed by atoms with Gasteiger partial charge in [0.25, 0.3) is 0 Å². The SMILES string of the molecule is COc1c(Cl)cc([N+](=O)[O-])c(O)c1Br. The van der Waals surface area contributed by atoms with Crippen molar-refractivity contribution in [2.24, 2.45) is 0 Å². The molecule has 0 amide bonds. The zero-order chi connectivity index (χ0) is 10.9. The zero-order valence-corrected chi connectivity index (χ0v) is 9.29. The van der Waals surface area contributed by atoms with Gasteiger partial charge in [-0.3, -0.25) is 10.1 Å². The number of benzene rings is 1. The van der Waals surface area contributed by atoms with Crippen molar-refractivity contribution in [3.63, 3.8) is 0 Å². The van der Waals surface area contributed by atoms with Crippen LogP contribution in [0.15, 0.2) is 10.5 Å². The number of nitro benzene ring substituents is 1. The van der Waals surface area contributed by atoms with Gasteiger partial charge >= 0.3 is 5.69 Å². The summed E-state index contributed by atoms with van der Waals surface area (Å²) in [6.45, 7) is 0. The van der Waals surface area contributed by atoms with E-state index in [1.54, 1.807) is 0 Å². The lowest BCUT2D eigenvalue weighted by Gasteiger charge is -2.07. The Kier molecular flexibility index (Phi) is 3.17. The molecular weight excluding hydrogens is 277 g/mol. The Balaban J connectivity index is 3.47. The molecule has 0 aliphatic heterocycles. The molecule has 0 aromatic heterocycles. The summed E-state index contributed by atoms with van der Waals surface area (Å²) in [6, 6.07) is 1.03. The summed E-state index contributed by atoms with van der Waals surface area (Å²) in [5.74, 6) is -0.342. The van der Waals surface area contributed by atoms with Crippen molar-refractivity contribution in [2.75, 3.05) is 7.11 Å². The Morgan fingerprint density at radius 1 is 1.71 bits per heavy atom. The van der Waals surface area contributed by atoms with E-state index in [-0.39, 0.29) is 15.2 Å². The Morgan fingerprint density at radius 2 is 2.29 bits per heavy atom. The third-order valence-electron chi connectivity index (χ3n) is 1.53. The number of nitrogens with zero attached hydrogens (tertiary/aromatic N) is 1. The molecule has 0 bridgehead atoms. The average Bonchev–Trinajstić information content (AvgIpc) is 2.12. The molecule has 0 unspecified atom stereocenters. The highest BCUT2D eigenvalue weighted by Crippen LogP contribution is 2.44. The Labute approximate surface area is 92.5 Å². The minimum atomic E-state index is -0.731. The van der Waals surface area contributed by atoms with E-state index in [1.165, 1.54) is 7.11 Å². The molecule has 0 spiro atoms. The maximum absolute atomic E-state index is 10.5. The van der Waals surface area contributed by atoms with Crippen molar-refractivity contribution in [2.45, 2.75) is 0 Å². The second-order valence-corrected chi connectivity index (χ2v) is 3.53. The lowest BCUT2D eigenvalue weighted by atomic mass is 10.3. The van der Waals surface area contributed by atoms with Crippen LogP contribution < -0.4 is 4.74 Å². The highest BCUT2D eigenvalue weighted by Gasteiger charge is 2.22. The number of nitro groups is 1. The first kappa shape index (κ1) is 11.1. The van der Waals surface area contributed by atoms with E-state index < -0.39 is 16.4 Å². The molecule has 1 aromatic rings. The highest BCUT2D eigenvalue weighted by atomic mass is 79.9. The molecular formula is C7H5BrClNO4. The van der Waals surface area contributed by atoms with E-state index in [9.17, 15) is 15.2 Å². The maximum Gasteiger partial charge on any atom is 0.313 e. The first-order valence-electron chi connectivity index (χ1n) is 3.38. The molecule has 0 aliphatic carbocycles. The van der Waals surface area contributed by atoms with Gasteiger partial charge in [-0.2, -0.15) is 0 Å². The monoisotopic (exact) mass is 281 g/mol. The van der Waals surface area contributed by atoms with Gasteiger partial charge in [0.15, 0.2) is 5.75 Å². The molecule has 0 radical (unpaired) electrons. The first-order valence-corrected chi connectivity index (χ1v) is 4.55. The summed E-state index contributed by atoms with van der Waals surface area (Å²) in [5.41, 5.74) is -0.470. The number of methoxy groups -OCH3 is 1. The topological polar surface area (TPSA) is 72.6 Å². The fraction of sp³-hybridized carbons (Fsp3) is 0.143. The summed E-state index contributed by atoms with van der Waals surface area (Å²) in [6.07, 6.45) is 0. The average molecular weight is 282 g/mol. The number of halogens is 2. The highest BCUT2D eigenvalue weighted by molar-refractivity contribution is 9.10. The van der Waals surface area contributed by atoms with Crippen molar-refractivity contribution in [1.82, 2.24) is 0 Å². The Morgan fingerprint density at radius 3 is 2.71 bits per heavy atom. The van der Waals surface area contributed by atoms with Crippen LogP contribution in [-0.2, 0) is 0 Å². The van der Waals surface area contributed by atoms with E-state index in [1.807, 2.05) is 0 Å². The zero-order valence-electron chi connectivity index (χ0n) is 6.95. The number of hydrogen-bond donors (Lipinski definition) is 1. The molecule has 0 fully saturated rings. The molecule has 76 valence electrons.